The van der Waals surface area contributed by atoms with E-state index in [1.165, 1.54) is 0 Å². The van der Waals surface area contributed by atoms with Crippen molar-refractivity contribution in [1.82, 2.24) is 0 Å². The summed E-state index contributed by atoms with van der Waals surface area (Å²) in [6.07, 6.45) is 0. The molecule has 0 radical (unpaired) electrons. The molecule has 0 amide bonds. The summed E-state index contributed by atoms with van der Waals surface area (Å²) >= 11 is 0. The van der Waals surface area contributed by atoms with Gasteiger partial charge in [-0.15, -0.1) is 0 Å². The Morgan fingerprint density at radius 3 is 1.46 bits per heavy atom. The van der Waals surface area contributed by atoms with E-state index in [1.807, 2.05) is 6.07 Å². The standard InChI is InChI=1S/C6H6O.K.H3O4P.H/c7-6-4-2-1-3-5-6;;1-5(2,3)4;/h1-5,7H;;(H3,1,2,3,4);. The van der Waals surface area contributed by atoms with Crippen LogP contribution in [0, 0.1) is 0 Å². The molecule has 70 valence electrons. The van der Waals surface area contributed by atoms with Crippen molar-refractivity contribution in [2.45, 2.75) is 0 Å². The second-order valence-electron chi connectivity index (χ2n) is 1.85. The fourth-order valence-corrected chi connectivity index (χ4v) is 0.428. The third-order valence-corrected chi connectivity index (χ3v) is 0.756. The molecule has 0 aliphatic rings. The number of aromatic hydroxyl groups is 1. The van der Waals surface area contributed by atoms with Crippen molar-refractivity contribution in [1.29, 1.82) is 0 Å². The Kier molecular flexibility index (Phi) is 10.1. The van der Waals surface area contributed by atoms with E-state index in [0.717, 1.165) is 0 Å². The Balaban J connectivity index is 0. The van der Waals surface area contributed by atoms with Crippen molar-refractivity contribution in [2.75, 3.05) is 0 Å². The zero-order chi connectivity index (χ0) is 9.61. The van der Waals surface area contributed by atoms with Gasteiger partial charge in [-0.3, -0.25) is 0 Å². The van der Waals surface area contributed by atoms with Gasteiger partial charge >= 0.3 is 59.2 Å². The molecule has 0 unspecified atom stereocenters. The van der Waals surface area contributed by atoms with Gasteiger partial charge in [0.2, 0.25) is 0 Å². The maximum absolute atomic E-state index is 8.88. The third-order valence-electron chi connectivity index (χ3n) is 0.756. The summed E-state index contributed by atoms with van der Waals surface area (Å²) in [5, 5.41) is 8.63. The minimum absolute atomic E-state index is 0. The molecule has 0 aliphatic carbocycles. The Morgan fingerprint density at radius 2 is 1.31 bits per heavy atom. The number of phosphoric acid groups is 1. The first-order valence-electron chi connectivity index (χ1n) is 2.92. The van der Waals surface area contributed by atoms with Crippen LogP contribution in [-0.4, -0.2) is 71.2 Å². The molecule has 1 aromatic rings. The van der Waals surface area contributed by atoms with Gasteiger partial charge in [-0.2, -0.15) is 0 Å². The fourth-order valence-electron chi connectivity index (χ4n) is 0.428. The van der Waals surface area contributed by atoms with E-state index in [2.05, 4.69) is 0 Å². The van der Waals surface area contributed by atoms with Gasteiger partial charge in [0.1, 0.15) is 5.75 Å². The summed E-state index contributed by atoms with van der Waals surface area (Å²) in [5.41, 5.74) is 0. The number of benzene rings is 1. The van der Waals surface area contributed by atoms with Gasteiger partial charge < -0.3 is 19.8 Å². The van der Waals surface area contributed by atoms with Gasteiger partial charge in [-0.05, 0) is 12.1 Å². The van der Waals surface area contributed by atoms with Crippen molar-refractivity contribution >= 4 is 59.2 Å². The van der Waals surface area contributed by atoms with Gasteiger partial charge in [-0.1, -0.05) is 18.2 Å². The Labute approximate surface area is 118 Å². The van der Waals surface area contributed by atoms with Gasteiger partial charge in [0.05, 0.1) is 0 Å². The number of rotatable bonds is 0. The zero-order valence-corrected chi connectivity index (χ0v) is 6.93. The summed E-state index contributed by atoms with van der Waals surface area (Å²) in [4.78, 5) is 21.6. The predicted octanol–water partition coefficient (Wildman–Crippen LogP) is -0.185. The number of hydrogen-bond acceptors (Lipinski definition) is 2. The van der Waals surface area contributed by atoms with Crippen molar-refractivity contribution in [3.8, 4) is 5.75 Å². The summed E-state index contributed by atoms with van der Waals surface area (Å²) < 4.78 is 8.88. The molecular weight excluding hydrogens is 222 g/mol. The molecule has 13 heavy (non-hydrogen) atoms. The Bertz CT molecular complexity index is 251. The Hall–Kier alpha value is 0.766. The third kappa shape index (κ3) is 19.3. The van der Waals surface area contributed by atoms with Crippen molar-refractivity contribution in [3.63, 3.8) is 0 Å². The van der Waals surface area contributed by atoms with E-state index in [4.69, 9.17) is 24.4 Å². The van der Waals surface area contributed by atoms with E-state index in [9.17, 15) is 0 Å². The monoisotopic (exact) mass is 232 g/mol. The molecule has 0 saturated heterocycles. The maximum atomic E-state index is 8.88. The molecule has 0 atom stereocenters. The first-order chi connectivity index (χ1) is 5.39. The second-order valence-corrected chi connectivity index (χ2v) is 2.88. The molecule has 0 saturated carbocycles. The molecule has 0 bridgehead atoms. The van der Waals surface area contributed by atoms with E-state index >= 15 is 0 Å². The molecule has 1 aromatic carbocycles. The van der Waals surface area contributed by atoms with E-state index in [0.29, 0.717) is 5.75 Å². The van der Waals surface area contributed by atoms with Crippen LogP contribution in [0.25, 0.3) is 0 Å². The average Bonchev–Trinajstić information content (AvgIpc) is 1.85. The van der Waals surface area contributed by atoms with Crippen LogP contribution in [0.1, 0.15) is 0 Å². The van der Waals surface area contributed by atoms with Crippen LogP contribution < -0.4 is 0 Å². The molecule has 0 fully saturated rings. The molecule has 4 N–H and O–H groups in total. The fraction of sp³-hybridized carbons (Fsp3) is 0. The molecule has 0 spiro atoms. The number of para-hydroxylation sites is 1. The van der Waals surface area contributed by atoms with Crippen LogP contribution in [0.4, 0.5) is 0 Å². The van der Waals surface area contributed by atoms with Crippen molar-refractivity contribution in [2.24, 2.45) is 0 Å². The molecular formula is C6H10KO5P. The van der Waals surface area contributed by atoms with E-state index < -0.39 is 7.82 Å². The summed E-state index contributed by atoms with van der Waals surface area (Å²) in [7, 11) is -4.64. The van der Waals surface area contributed by atoms with Crippen molar-refractivity contribution < 1.29 is 24.4 Å². The van der Waals surface area contributed by atoms with Gasteiger partial charge in [-0.25, -0.2) is 4.57 Å². The molecule has 5 nitrogen and oxygen atoms in total. The molecule has 7 heteroatoms. The number of phenolic OH excluding ortho intramolecular Hbond substituents is 1. The normalized spacial score (nSPS) is 9.15. The Morgan fingerprint density at radius 1 is 1.00 bits per heavy atom. The van der Waals surface area contributed by atoms with Crippen LogP contribution in [0.2, 0.25) is 0 Å². The van der Waals surface area contributed by atoms with E-state index in [1.54, 1.807) is 24.3 Å². The number of hydrogen-bond donors (Lipinski definition) is 4. The minimum atomic E-state index is -4.64. The predicted molar refractivity (Wildman–Crippen MR) is 49.5 cm³/mol. The molecule has 0 heterocycles. The summed E-state index contributed by atoms with van der Waals surface area (Å²) in [6, 6.07) is 8.71. The van der Waals surface area contributed by atoms with Crippen molar-refractivity contribution in [3.05, 3.63) is 30.3 Å². The summed E-state index contributed by atoms with van der Waals surface area (Å²) in [5.74, 6) is 0.322. The molecule has 0 aromatic heterocycles. The average molecular weight is 232 g/mol. The van der Waals surface area contributed by atoms with Crippen LogP contribution in [-0.2, 0) is 4.57 Å². The van der Waals surface area contributed by atoms with Gasteiger partial charge in [0.15, 0.2) is 0 Å². The molecule has 0 aliphatic heterocycles. The van der Waals surface area contributed by atoms with E-state index in [-0.39, 0.29) is 51.4 Å². The van der Waals surface area contributed by atoms with Gasteiger partial charge in [0.25, 0.3) is 0 Å². The van der Waals surface area contributed by atoms with Crippen LogP contribution >= 0.6 is 7.82 Å². The van der Waals surface area contributed by atoms with Gasteiger partial charge in [0, 0.05) is 0 Å². The zero-order valence-electron chi connectivity index (χ0n) is 6.03. The summed E-state index contributed by atoms with van der Waals surface area (Å²) in [6.45, 7) is 0. The second kappa shape index (κ2) is 8.11. The topological polar surface area (TPSA) is 98.0 Å². The quantitative estimate of drug-likeness (QED) is 0.367. The SMILES string of the molecule is O=P(O)(O)O.Oc1ccccc1.[KH]. The number of phenols is 1. The van der Waals surface area contributed by atoms with Crippen LogP contribution in [0.15, 0.2) is 30.3 Å². The first kappa shape index (κ1) is 16.2. The van der Waals surface area contributed by atoms with Crippen LogP contribution in [0.3, 0.4) is 0 Å². The first-order valence-corrected chi connectivity index (χ1v) is 4.48. The van der Waals surface area contributed by atoms with Crippen LogP contribution in [0.5, 0.6) is 5.75 Å². The molecule has 1 rings (SSSR count).